The molecule has 0 aliphatic heterocycles. The van der Waals surface area contributed by atoms with Crippen LogP contribution in [-0.2, 0) is 9.63 Å². The SMILES string of the molecule is O=CCCCCCCCCCON(O)[N+](=O)[O-]. The summed E-state index contributed by atoms with van der Waals surface area (Å²) in [4.78, 5) is 24.4. The van der Waals surface area contributed by atoms with E-state index in [0.717, 1.165) is 44.8 Å². The molecule has 0 saturated carbocycles. The molecule has 0 rings (SSSR count). The third kappa shape index (κ3) is 11.1. The summed E-state index contributed by atoms with van der Waals surface area (Å²) in [6, 6.07) is 0. The number of aldehydes is 1. The van der Waals surface area contributed by atoms with E-state index in [-0.39, 0.29) is 11.9 Å². The van der Waals surface area contributed by atoms with Gasteiger partial charge in [-0.25, -0.2) is 15.3 Å². The normalized spacial score (nSPS) is 10.2. The van der Waals surface area contributed by atoms with Gasteiger partial charge in [0.05, 0.1) is 6.61 Å². The van der Waals surface area contributed by atoms with Crippen LogP contribution in [0.2, 0.25) is 0 Å². The average Bonchev–Trinajstić information content (AvgIpc) is 2.31. The molecule has 7 heteroatoms. The van der Waals surface area contributed by atoms with Crippen LogP contribution in [0.15, 0.2) is 0 Å². The maximum Gasteiger partial charge on any atom is 0.216 e. The molecule has 0 unspecified atom stereocenters. The molecule has 100 valence electrons. The molecule has 1 N–H and O–H groups in total. The Kier molecular flexibility index (Phi) is 10.5. The molecular weight excluding hydrogens is 228 g/mol. The Morgan fingerprint density at radius 2 is 1.65 bits per heavy atom. The lowest BCUT2D eigenvalue weighted by Crippen LogP contribution is -2.26. The van der Waals surface area contributed by atoms with Crippen molar-refractivity contribution < 1.29 is 19.9 Å². The molecular formula is C10H20N2O5. The minimum absolute atomic E-state index is 0.141. The van der Waals surface area contributed by atoms with E-state index < -0.39 is 5.03 Å². The molecule has 0 aromatic heterocycles. The van der Waals surface area contributed by atoms with Crippen molar-refractivity contribution in [3.05, 3.63) is 10.1 Å². The van der Waals surface area contributed by atoms with Gasteiger partial charge in [-0.3, -0.25) is 0 Å². The smallest absolute Gasteiger partial charge is 0.216 e. The van der Waals surface area contributed by atoms with E-state index in [0.29, 0.717) is 12.8 Å². The summed E-state index contributed by atoms with van der Waals surface area (Å²) in [5.74, 6) is 0. The first-order valence-electron chi connectivity index (χ1n) is 5.88. The molecule has 0 atom stereocenters. The van der Waals surface area contributed by atoms with Crippen molar-refractivity contribution in [2.24, 2.45) is 0 Å². The number of nitro groups is 1. The predicted molar refractivity (Wildman–Crippen MR) is 59.6 cm³/mol. The number of carbonyl (C=O) groups excluding carboxylic acids is 1. The summed E-state index contributed by atoms with van der Waals surface area (Å²) >= 11 is 0. The van der Waals surface area contributed by atoms with Crippen molar-refractivity contribution in [3.63, 3.8) is 0 Å². The maximum absolute atomic E-state index is 10.0. The zero-order valence-corrected chi connectivity index (χ0v) is 9.92. The van der Waals surface area contributed by atoms with Gasteiger partial charge in [-0.1, -0.05) is 32.1 Å². The minimum Gasteiger partial charge on any atom is -0.303 e. The standard InChI is InChI=1S/C10H20N2O5/c13-9-7-5-3-1-2-4-6-8-10-17-12(16)11(14)15/h9,16H,1-8,10H2. The van der Waals surface area contributed by atoms with Gasteiger partial charge in [-0.05, 0) is 12.8 Å². The molecule has 0 aromatic carbocycles. The fourth-order valence-electron chi connectivity index (χ4n) is 1.41. The average molecular weight is 248 g/mol. The second kappa shape index (κ2) is 11.3. The molecule has 17 heavy (non-hydrogen) atoms. The van der Waals surface area contributed by atoms with E-state index in [2.05, 4.69) is 4.84 Å². The number of hydrogen-bond donors (Lipinski definition) is 1. The first-order chi connectivity index (χ1) is 8.18. The number of rotatable bonds is 12. The summed E-state index contributed by atoms with van der Waals surface area (Å²) in [6.07, 6.45) is 8.43. The first kappa shape index (κ1) is 15.8. The van der Waals surface area contributed by atoms with E-state index in [1.807, 2.05) is 0 Å². The van der Waals surface area contributed by atoms with Crippen molar-refractivity contribution in [3.8, 4) is 0 Å². The summed E-state index contributed by atoms with van der Waals surface area (Å²) < 4.78 is 0. The number of nitrogens with zero attached hydrogens (tertiary/aromatic N) is 2. The van der Waals surface area contributed by atoms with Gasteiger partial charge in [-0.15, -0.1) is 0 Å². The van der Waals surface area contributed by atoms with Gasteiger partial charge in [-0.2, -0.15) is 4.84 Å². The van der Waals surface area contributed by atoms with Crippen molar-refractivity contribution in [1.82, 2.24) is 5.34 Å². The Morgan fingerprint density at radius 1 is 1.12 bits per heavy atom. The van der Waals surface area contributed by atoms with Gasteiger partial charge in [0.1, 0.15) is 6.29 Å². The second-order valence-corrected chi connectivity index (χ2v) is 3.75. The van der Waals surface area contributed by atoms with Gasteiger partial charge in [0.2, 0.25) is 5.03 Å². The van der Waals surface area contributed by atoms with Gasteiger partial charge in [0.25, 0.3) is 0 Å². The third-order valence-corrected chi connectivity index (χ3v) is 2.31. The second-order valence-electron chi connectivity index (χ2n) is 3.75. The van der Waals surface area contributed by atoms with Crippen LogP contribution in [-0.4, -0.2) is 28.5 Å². The highest BCUT2D eigenvalue weighted by Gasteiger charge is 2.09. The van der Waals surface area contributed by atoms with Crippen LogP contribution in [0.4, 0.5) is 0 Å². The van der Waals surface area contributed by atoms with Crippen LogP contribution in [0.25, 0.3) is 0 Å². The van der Waals surface area contributed by atoms with Gasteiger partial charge < -0.3 is 4.79 Å². The van der Waals surface area contributed by atoms with Crippen LogP contribution in [0, 0.1) is 10.1 Å². The van der Waals surface area contributed by atoms with E-state index >= 15 is 0 Å². The molecule has 7 nitrogen and oxygen atoms in total. The Morgan fingerprint density at radius 3 is 2.18 bits per heavy atom. The molecule has 0 aliphatic carbocycles. The summed E-state index contributed by atoms with van der Waals surface area (Å²) in [5.41, 5.74) is 0. The lowest BCUT2D eigenvalue weighted by atomic mass is 10.1. The monoisotopic (exact) mass is 248 g/mol. The van der Waals surface area contributed by atoms with Crippen LogP contribution in [0.3, 0.4) is 0 Å². The van der Waals surface area contributed by atoms with Crippen molar-refractivity contribution in [2.45, 2.75) is 51.4 Å². The lowest BCUT2D eigenvalue weighted by Gasteiger charge is -2.04. The first-order valence-corrected chi connectivity index (χ1v) is 5.88. The fraction of sp³-hybridized carbons (Fsp3) is 0.900. The molecule has 0 aliphatic rings. The highest BCUT2D eigenvalue weighted by atomic mass is 17.0. The third-order valence-electron chi connectivity index (χ3n) is 2.31. The highest BCUT2D eigenvalue weighted by Crippen LogP contribution is 2.08. The van der Waals surface area contributed by atoms with E-state index in [4.69, 9.17) is 5.21 Å². The molecule has 0 spiro atoms. The van der Waals surface area contributed by atoms with Gasteiger partial charge >= 0.3 is 0 Å². The summed E-state index contributed by atoms with van der Waals surface area (Å²) in [6.45, 7) is 0.141. The van der Waals surface area contributed by atoms with Crippen molar-refractivity contribution >= 4 is 6.29 Å². The summed E-state index contributed by atoms with van der Waals surface area (Å²) in [7, 11) is 0. The van der Waals surface area contributed by atoms with E-state index in [1.165, 1.54) is 0 Å². The largest absolute Gasteiger partial charge is 0.303 e. The van der Waals surface area contributed by atoms with Crippen LogP contribution in [0.1, 0.15) is 51.4 Å². The zero-order chi connectivity index (χ0) is 12.9. The maximum atomic E-state index is 10.0. The topological polar surface area (TPSA) is 92.9 Å². The van der Waals surface area contributed by atoms with E-state index in [9.17, 15) is 14.9 Å². The van der Waals surface area contributed by atoms with Crippen molar-refractivity contribution in [1.29, 1.82) is 0 Å². The number of unbranched alkanes of at least 4 members (excludes halogenated alkanes) is 7. The zero-order valence-electron chi connectivity index (χ0n) is 9.92. The number of hydrazine groups is 1. The quantitative estimate of drug-likeness (QED) is 0.246. The number of hydrogen-bond acceptors (Lipinski definition) is 5. The van der Waals surface area contributed by atoms with Gasteiger partial charge in [0, 0.05) is 6.42 Å². The minimum atomic E-state index is -1.03. The Hall–Kier alpha value is -1.21. The molecule has 0 aromatic rings. The fourth-order valence-corrected chi connectivity index (χ4v) is 1.41. The molecule has 0 bridgehead atoms. The van der Waals surface area contributed by atoms with Crippen molar-refractivity contribution in [2.75, 3.05) is 6.61 Å². The molecule has 0 fully saturated rings. The van der Waals surface area contributed by atoms with E-state index in [1.54, 1.807) is 0 Å². The summed E-state index contributed by atoms with van der Waals surface area (Å²) in [5, 5.41) is 17.1. The van der Waals surface area contributed by atoms with Crippen LogP contribution >= 0.6 is 0 Å². The Labute approximate surface area is 100 Å². The lowest BCUT2D eigenvalue weighted by molar-refractivity contribution is -0.809. The molecule has 0 amide bonds. The molecule has 0 saturated heterocycles. The molecule has 0 heterocycles. The Bertz CT molecular complexity index is 213. The number of carbonyl (C=O) groups is 1. The van der Waals surface area contributed by atoms with Crippen LogP contribution in [0.5, 0.6) is 0 Å². The van der Waals surface area contributed by atoms with Crippen LogP contribution < -0.4 is 0 Å². The highest BCUT2D eigenvalue weighted by molar-refractivity contribution is 5.48. The predicted octanol–water partition coefficient (Wildman–Crippen LogP) is 2.12. The Balaban J connectivity index is 3.08. The van der Waals surface area contributed by atoms with Gasteiger partial charge in [0.15, 0.2) is 5.34 Å². The molecule has 0 radical (unpaired) electrons.